The van der Waals surface area contributed by atoms with Gasteiger partial charge in [-0.2, -0.15) is 0 Å². The zero-order chi connectivity index (χ0) is 52.2. The summed E-state index contributed by atoms with van der Waals surface area (Å²) in [5.41, 5.74) is 16.0. The van der Waals surface area contributed by atoms with Crippen molar-refractivity contribution in [2.75, 3.05) is 0 Å². The van der Waals surface area contributed by atoms with Crippen molar-refractivity contribution in [3.8, 4) is 56.4 Å². The lowest BCUT2D eigenvalue weighted by Crippen LogP contribution is -1.98. The molecule has 0 fully saturated rings. The molecule has 0 amide bonds. The van der Waals surface area contributed by atoms with Crippen LogP contribution in [0.5, 0.6) is 0 Å². The Bertz CT molecular complexity index is 5430. The van der Waals surface area contributed by atoms with E-state index >= 15 is 0 Å². The molecule has 2 aromatic heterocycles. The number of hydrogen-bond acceptors (Lipinski definition) is 2. The Kier molecular flexibility index (Phi) is 9.03. The fraction of sp³-hybridized carbons (Fsp3) is 0.0263. The average molecular weight is 1020 g/mol. The third-order valence-corrected chi connectivity index (χ3v) is 17.6. The highest BCUT2D eigenvalue weighted by molar-refractivity contribution is 6.43. The van der Waals surface area contributed by atoms with Gasteiger partial charge in [-0.1, -0.05) is 182 Å². The van der Waals surface area contributed by atoms with Crippen LogP contribution < -0.4 is 0 Å². The van der Waals surface area contributed by atoms with E-state index in [1.807, 2.05) is 0 Å². The van der Waals surface area contributed by atoms with Crippen molar-refractivity contribution in [3.63, 3.8) is 0 Å². The summed E-state index contributed by atoms with van der Waals surface area (Å²) in [6, 6.07) is 89.9. The van der Waals surface area contributed by atoms with Crippen molar-refractivity contribution in [2.24, 2.45) is 0 Å². The van der Waals surface area contributed by atoms with Gasteiger partial charge in [-0.05, 0) is 205 Å². The molecule has 0 saturated heterocycles. The largest absolute Gasteiger partial charge is 0.292 e. The number of fused-ring (bicyclic) bond motifs is 13. The van der Waals surface area contributed by atoms with E-state index in [0.29, 0.717) is 0 Å². The first-order valence-corrected chi connectivity index (χ1v) is 27.9. The molecule has 4 heteroatoms. The Hall–Kier alpha value is -10.4. The van der Waals surface area contributed by atoms with Crippen molar-refractivity contribution >= 4 is 114 Å². The van der Waals surface area contributed by atoms with Crippen molar-refractivity contribution in [1.29, 1.82) is 0 Å². The number of allylic oxidation sites excluding steroid dienone is 1. The fourth-order valence-electron chi connectivity index (χ4n) is 14.2. The minimum absolute atomic E-state index is 0.925. The van der Waals surface area contributed by atoms with E-state index in [9.17, 15) is 0 Å². The van der Waals surface area contributed by atoms with Crippen LogP contribution in [0.1, 0.15) is 17.5 Å². The molecule has 1 aliphatic carbocycles. The van der Waals surface area contributed by atoms with Crippen LogP contribution in [0.3, 0.4) is 0 Å². The molecule has 0 saturated carbocycles. The van der Waals surface area contributed by atoms with Gasteiger partial charge in [0.2, 0.25) is 0 Å². The Labute approximate surface area is 460 Å². The summed E-state index contributed by atoms with van der Waals surface area (Å²) in [7, 11) is 0. The van der Waals surface area contributed by atoms with Crippen molar-refractivity contribution < 1.29 is 0 Å². The second-order valence-electron chi connectivity index (χ2n) is 21.8. The number of benzene rings is 13. The number of hydrogen-bond donors (Lipinski definition) is 0. The van der Waals surface area contributed by atoms with Crippen LogP contribution in [-0.4, -0.2) is 19.1 Å². The molecule has 18 rings (SSSR count). The fourth-order valence-corrected chi connectivity index (χ4v) is 14.2. The quantitative estimate of drug-likeness (QED) is 0.156. The maximum atomic E-state index is 5.23. The summed E-state index contributed by atoms with van der Waals surface area (Å²) in [5.74, 6) is 1.85. The summed E-state index contributed by atoms with van der Waals surface area (Å²) in [4.78, 5) is 10.5. The molecular formula is C76H46N4. The van der Waals surface area contributed by atoms with Crippen LogP contribution in [0.4, 0.5) is 0 Å². The lowest BCUT2D eigenvalue weighted by molar-refractivity contribution is 0.992. The number of rotatable bonds is 6. The molecule has 0 bridgehead atoms. The maximum absolute atomic E-state index is 5.23. The van der Waals surface area contributed by atoms with E-state index in [2.05, 4.69) is 264 Å². The molecular weight excluding hydrogens is 969 g/mol. The van der Waals surface area contributed by atoms with Gasteiger partial charge >= 0.3 is 0 Å². The topological polar surface area (TPSA) is 35.6 Å². The SMILES string of the molecule is C1=Cc2c(cc3c4cc5c(-c6ccc(-n7c(-c8ccccc8)nc8ccccc87)cc6)c6c7cccc8c9ccccc9cc(c6c(-c6ccc(-n9c(-c%10ccccc%10)nc%10ccccc%109)cc6)c5cc4c4cccc2c43)c87)CC1. The first-order valence-electron chi connectivity index (χ1n) is 27.9. The zero-order valence-electron chi connectivity index (χ0n) is 43.5. The summed E-state index contributed by atoms with van der Waals surface area (Å²) in [6.07, 6.45) is 6.82. The molecule has 2 heterocycles. The van der Waals surface area contributed by atoms with Crippen LogP contribution in [0.25, 0.3) is 171 Å². The first kappa shape index (κ1) is 43.7. The van der Waals surface area contributed by atoms with Crippen molar-refractivity contribution in [1.82, 2.24) is 19.1 Å². The summed E-state index contributed by atoms with van der Waals surface area (Å²) in [6.45, 7) is 0. The number of imidazole rings is 2. The molecule has 0 aliphatic heterocycles. The van der Waals surface area contributed by atoms with Crippen LogP contribution >= 0.6 is 0 Å². The van der Waals surface area contributed by atoms with Gasteiger partial charge in [0.05, 0.1) is 22.1 Å². The van der Waals surface area contributed by atoms with E-state index in [4.69, 9.17) is 9.97 Å². The smallest absolute Gasteiger partial charge is 0.145 e. The predicted octanol–water partition coefficient (Wildman–Crippen LogP) is 20.1. The molecule has 370 valence electrons. The second kappa shape index (κ2) is 16.5. The highest BCUT2D eigenvalue weighted by Crippen LogP contribution is 2.55. The average Bonchev–Trinajstić information content (AvgIpc) is 4.46. The lowest BCUT2D eigenvalue weighted by atomic mass is 9.85. The minimum atomic E-state index is 0.925. The molecule has 80 heavy (non-hydrogen) atoms. The van der Waals surface area contributed by atoms with E-state index < -0.39 is 0 Å². The Morgan fingerprint density at radius 1 is 0.312 bits per heavy atom. The van der Waals surface area contributed by atoms with Crippen LogP contribution in [-0.2, 0) is 6.42 Å². The monoisotopic (exact) mass is 1010 g/mol. The molecule has 0 N–H and O–H groups in total. The number of para-hydroxylation sites is 4. The van der Waals surface area contributed by atoms with E-state index in [-0.39, 0.29) is 0 Å². The molecule has 4 nitrogen and oxygen atoms in total. The molecule has 0 unspecified atom stereocenters. The third kappa shape index (κ3) is 6.10. The minimum Gasteiger partial charge on any atom is -0.292 e. The highest BCUT2D eigenvalue weighted by Gasteiger charge is 2.27. The Morgan fingerprint density at radius 2 is 0.800 bits per heavy atom. The summed E-state index contributed by atoms with van der Waals surface area (Å²) < 4.78 is 4.64. The van der Waals surface area contributed by atoms with Gasteiger partial charge in [-0.25, -0.2) is 9.97 Å². The summed E-state index contributed by atoms with van der Waals surface area (Å²) in [5, 5.41) is 20.6. The van der Waals surface area contributed by atoms with Gasteiger partial charge in [-0.3, -0.25) is 9.13 Å². The van der Waals surface area contributed by atoms with Crippen LogP contribution in [0.15, 0.2) is 249 Å². The molecule has 17 aromatic rings. The van der Waals surface area contributed by atoms with Crippen molar-refractivity contribution in [3.05, 3.63) is 260 Å². The van der Waals surface area contributed by atoms with Gasteiger partial charge in [0.1, 0.15) is 11.6 Å². The molecule has 0 radical (unpaired) electrons. The van der Waals surface area contributed by atoms with Gasteiger partial charge in [0.25, 0.3) is 0 Å². The Balaban J connectivity index is 0.974. The van der Waals surface area contributed by atoms with Gasteiger partial charge in [0.15, 0.2) is 0 Å². The molecule has 1 aliphatic rings. The molecule has 0 atom stereocenters. The van der Waals surface area contributed by atoms with E-state index in [1.54, 1.807) is 0 Å². The lowest BCUT2D eigenvalue weighted by Gasteiger charge is -2.18. The van der Waals surface area contributed by atoms with Gasteiger partial charge in [-0.15, -0.1) is 0 Å². The normalized spacial score (nSPS) is 12.8. The van der Waals surface area contributed by atoms with Crippen molar-refractivity contribution in [2.45, 2.75) is 12.8 Å². The Morgan fingerprint density at radius 3 is 1.43 bits per heavy atom. The maximum Gasteiger partial charge on any atom is 0.145 e. The van der Waals surface area contributed by atoms with E-state index in [0.717, 1.165) is 69.1 Å². The number of aryl methyl sites for hydroxylation is 1. The standard InChI is InChI=1S/C76H46N4/c1-3-17-47(18-4-1)75-77-65-29-11-13-31-67(65)79(75)51-37-33-45(34-38-51)69-63-44-60-59(57-27-15-25-55-53-23-9-7-21-49(53)41-61(60)71(55)57)43-62(63)70(74-64-42-50-22-8-10-24-54(50)56-26-16-28-58(72(56)64)73(69)74)46-35-39-52(40-36-46)80-68-32-14-12-30-66(68)78-76(80)48-19-5-2-6-20-48/h1-6,8-20,22-44H,7,21H2. The molecule has 0 spiro atoms. The van der Waals surface area contributed by atoms with Gasteiger partial charge < -0.3 is 0 Å². The molecule has 15 aromatic carbocycles. The third-order valence-electron chi connectivity index (χ3n) is 17.6. The highest BCUT2D eigenvalue weighted by atomic mass is 15.1. The zero-order valence-corrected chi connectivity index (χ0v) is 43.5. The van der Waals surface area contributed by atoms with Crippen LogP contribution in [0, 0.1) is 0 Å². The summed E-state index contributed by atoms with van der Waals surface area (Å²) >= 11 is 0. The number of nitrogens with zero attached hydrogens (tertiary/aromatic N) is 4. The number of aromatic nitrogens is 4. The van der Waals surface area contributed by atoms with Gasteiger partial charge in [0, 0.05) is 22.5 Å². The first-order chi connectivity index (χ1) is 39.7. The van der Waals surface area contributed by atoms with E-state index in [1.165, 1.54) is 120 Å². The van der Waals surface area contributed by atoms with Crippen LogP contribution in [0.2, 0.25) is 0 Å². The second-order valence-corrected chi connectivity index (χ2v) is 21.8. The predicted molar refractivity (Wildman–Crippen MR) is 337 cm³/mol.